The molecule has 17 heavy (non-hydrogen) atoms. The summed E-state index contributed by atoms with van der Waals surface area (Å²) in [5.41, 5.74) is 0. The zero-order chi connectivity index (χ0) is 12.7. The van der Waals surface area contributed by atoms with Crippen molar-refractivity contribution < 1.29 is 0 Å². The molecular weight excluding hydrogens is 291 g/mol. The van der Waals surface area contributed by atoms with Crippen LogP contribution in [0.5, 0.6) is 0 Å². The summed E-state index contributed by atoms with van der Waals surface area (Å²) in [5, 5.41) is 2.05. The predicted molar refractivity (Wildman–Crippen MR) is 81.4 cm³/mol. The lowest BCUT2D eigenvalue weighted by atomic mass is 10.4. The van der Waals surface area contributed by atoms with Crippen LogP contribution in [0.2, 0.25) is 0 Å². The lowest BCUT2D eigenvalue weighted by Crippen LogP contribution is -2.48. The van der Waals surface area contributed by atoms with Crippen LogP contribution >= 0.6 is 33.8 Å². The maximum atomic E-state index is 6.49. The van der Waals surface area contributed by atoms with E-state index in [1.54, 1.807) is 0 Å². The summed E-state index contributed by atoms with van der Waals surface area (Å²) >= 11 is 17.6. The zero-order valence-electron chi connectivity index (χ0n) is 9.41. The smallest absolute Gasteiger partial charge is 0.134 e. The standard InChI is InChI=1S/C12H10Cl2Si.CH3Cl/c13-15(14,11-7-3-1-4-8-11)12-9-5-2-6-10-12;1-2/h1-10H;1H3. The number of benzene rings is 2. The Kier molecular flexibility index (Phi) is 6.07. The number of hydrogen-bond acceptors (Lipinski definition) is 0. The molecule has 2 rings (SSSR count). The van der Waals surface area contributed by atoms with Gasteiger partial charge in [0.25, 0.3) is 0 Å². The highest BCUT2D eigenvalue weighted by Gasteiger charge is 2.32. The van der Waals surface area contributed by atoms with Crippen molar-refractivity contribution in [2.75, 3.05) is 6.38 Å². The molecule has 2 aromatic rings. The van der Waals surface area contributed by atoms with Gasteiger partial charge >= 0.3 is 6.69 Å². The Labute approximate surface area is 118 Å². The van der Waals surface area contributed by atoms with Crippen LogP contribution in [0.15, 0.2) is 60.7 Å². The third-order valence-electron chi connectivity index (χ3n) is 2.27. The quantitative estimate of drug-likeness (QED) is 0.452. The molecule has 0 bridgehead atoms. The molecule has 0 aliphatic heterocycles. The highest BCUT2D eigenvalue weighted by Crippen LogP contribution is 2.14. The Balaban J connectivity index is 0.000000686. The van der Waals surface area contributed by atoms with E-state index in [0.29, 0.717) is 0 Å². The van der Waals surface area contributed by atoms with Gasteiger partial charge in [-0.2, -0.15) is 0 Å². The summed E-state index contributed by atoms with van der Waals surface area (Å²) in [5.74, 6) is 0. The lowest BCUT2D eigenvalue weighted by Gasteiger charge is -2.17. The maximum Gasteiger partial charge on any atom is 0.310 e. The average molecular weight is 304 g/mol. The summed E-state index contributed by atoms with van der Waals surface area (Å²) in [4.78, 5) is 0. The topological polar surface area (TPSA) is 0 Å². The van der Waals surface area contributed by atoms with Crippen molar-refractivity contribution in [3.8, 4) is 0 Å². The molecule has 0 nitrogen and oxygen atoms in total. The number of alkyl halides is 1. The summed E-state index contributed by atoms with van der Waals surface area (Å²) < 4.78 is 0. The lowest BCUT2D eigenvalue weighted by molar-refractivity contribution is 1.74. The van der Waals surface area contributed by atoms with E-state index in [-0.39, 0.29) is 0 Å². The molecule has 90 valence electrons. The van der Waals surface area contributed by atoms with Crippen molar-refractivity contribution in [1.82, 2.24) is 0 Å². The summed E-state index contributed by atoms with van der Waals surface area (Å²) in [6.07, 6.45) is 1.47. The van der Waals surface area contributed by atoms with E-state index in [2.05, 4.69) is 11.6 Å². The average Bonchev–Trinajstić information content (AvgIpc) is 2.43. The molecule has 0 radical (unpaired) electrons. The number of hydrogen-bond donors (Lipinski definition) is 0. The fourth-order valence-corrected chi connectivity index (χ4v) is 4.53. The monoisotopic (exact) mass is 302 g/mol. The van der Waals surface area contributed by atoms with Gasteiger partial charge in [-0.05, 0) is 10.4 Å². The molecular formula is C13H13Cl3Si. The third kappa shape index (κ3) is 3.75. The van der Waals surface area contributed by atoms with Gasteiger partial charge in [-0.15, -0.1) is 33.8 Å². The molecule has 0 aliphatic carbocycles. The van der Waals surface area contributed by atoms with Crippen LogP contribution < -0.4 is 10.4 Å². The van der Waals surface area contributed by atoms with Crippen LogP contribution in [0.4, 0.5) is 0 Å². The maximum absolute atomic E-state index is 6.49. The Morgan fingerprint density at radius 3 is 1.24 bits per heavy atom. The molecule has 0 N–H and O–H groups in total. The van der Waals surface area contributed by atoms with Crippen LogP contribution in [0.3, 0.4) is 0 Å². The van der Waals surface area contributed by atoms with E-state index in [0.717, 1.165) is 10.4 Å². The minimum atomic E-state index is -2.51. The van der Waals surface area contributed by atoms with Crippen LogP contribution in [0, 0.1) is 0 Å². The van der Waals surface area contributed by atoms with Gasteiger partial charge in [0.05, 0.1) is 0 Å². The first-order chi connectivity index (χ1) is 8.21. The molecule has 0 aromatic heterocycles. The van der Waals surface area contributed by atoms with E-state index in [1.807, 2.05) is 60.7 Å². The molecule has 2 aromatic carbocycles. The zero-order valence-corrected chi connectivity index (χ0v) is 12.7. The second kappa shape index (κ2) is 7.07. The molecule has 0 atom stereocenters. The van der Waals surface area contributed by atoms with Crippen molar-refractivity contribution in [3.05, 3.63) is 60.7 Å². The Morgan fingerprint density at radius 2 is 0.941 bits per heavy atom. The minimum absolute atomic E-state index is 1.03. The van der Waals surface area contributed by atoms with Gasteiger partial charge in [0.1, 0.15) is 0 Å². The molecule has 0 saturated carbocycles. The highest BCUT2D eigenvalue weighted by molar-refractivity contribution is 7.56. The van der Waals surface area contributed by atoms with E-state index in [9.17, 15) is 0 Å². The van der Waals surface area contributed by atoms with Gasteiger partial charge in [0, 0.05) is 6.38 Å². The van der Waals surface area contributed by atoms with Gasteiger partial charge in [-0.25, -0.2) is 0 Å². The fraction of sp³-hybridized carbons (Fsp3) is 0.0769. The first kappa shape index (κ1) is 14.6. The van der Waals surface area contributed by atoms with Gasteiger partial charge in [-0.3, -0.25) is 0 Å². The molecule has 0 unspecified atom stereocenters. The largest absolute Gasteiger partial charge is 0.310 e. The summed E-state index contributed by atoms with van der Waals surface area (Å²) in [6.45, 7) is -2.51. The number of rotatable bonds is 2. The second-order valence-electron chi connectivity index (χ2n) is 3.31. The van der Waals surface area contributed by atoms with Gasteiger partial charge in [-0.1, -0.05) is 60.7 Å². The first-order valence-corrected chi connectivity index (χ1v) is 9.86. The Hall–Kier alpha value is -0.473. The van der Waals surface area contributed by atoms with Gasteiger partial charge < -0.3 is 0 Å². The normalized spacial score (nSPS) is 10.4. The van der Waals surface area contributed by atoms with Crippen LogP contribution in [-0.2, 0) is 0 Å². The molecule has 4 heteroatoms. The second-order valence-corrected chi connectivity index (χ2v) is 9.59. The van der Waals surface area contributed by atoms with Crippen molar-refractivity contribution in [1.29, 1.82) is 0 Å². The first-order valence-electron chi connectivity index (χ1n) is 5.08. The highest BCUT2D eigenvalue weighted by atomic mass is 35.7. The Bertz CT molecular complexity index is 387. The molecule has 0 aliphatic rings. The Morgan fingerprint density at radius 1 is 0.647 bits per heavy atom. The van der Waals surface area contributed by atoms with E-state index in [4.69, 9.17) is 22.2 Å². The van der Waals surface area contributed by atoms with E-state index in [1.165, 1.54) is 6.38 Å². The minimum Gasteiger partial charge on any atom is -0.134 e. The summed E-state index contributed by atoms with van der Waals surface area (Å²) in [6, 6.07) is 19.7. The number of halogens is 3. The van der Waals surface area contributed by atoms with E-state index >= 15 is 0 Å². The van der Waals surface area contributed by atoms with E-state index < -0.39 is 6.69 Å². The van der Waals surface area contributed by atoms with Crippen molar-refractivity contribution in [3.63, 3.8) is 0 Å². The van der Waals surface area contributed by atoms with Crippen LogP contribution in [0.25, 0.3) is 0 Å². The molecule has 0 fully saturated rings. The van der Waals surface area contributed by atoms with Crippen LogP contribution in [-0.4, -0.2) is 13.1 Å². The van der Waals surface area contributed by atoms with Gasteiger partial charge in [0.15, 0.2) is 0 Å². The molecule has 0 heterocycles. The third-order valence-corrected chi connectivity index (χ3v) is 7.01. The predicted octanol–water partition coefficient (Wildman–Crippen LogP) is 3.58. The molecule has 0 spiro atoms. The van der Waals surface area contributed by atoms with Crippen molar-refractivity contribution >= 4 is 50.8 Å². The van der Waals surface area contributed by atoms with Crippen LogP contribution in [0.1, 0.15) is 0 Å². The van der Waals surface area contributed by atoms with Crippen molar-refractivity contribution in [2.45, 2.75) is 0 Å². The SMILES string of the molecule is CCl.Cl[Si](Cl)(c1ccccc1)c1ccccc1. The molecule has 0 saturated heterocycles. The molecule has 0 amide bonds. The fourth-order valence-electron chi connectivity index (χ4n) is 1.46. The van der Waals surface area contributed by atoms with Gasteiger partial charge in [0.2, 0.25) is 0 Å². The van der Waals surface area contributed by atoms with Crippen molar-refractivity contribution in [2.24, 2.45) is 0 Å². The summed E-state index contributed by atoms with van der Waals surface area (Å²) in [7, 11) is 0.